The third-order valence-electron chi connectivity index (χ3n) is 4.07. The Balaban J connectivity index is 1.51. The van der Waals surface area contributed by atoms with Gasteiger partial charge < -0.3 is 9.64 Å². The topological polar surface area (TPSA) is 47.4 Å². The quantitative estimate of drug-likeness (QED) is 0.658. The molecule has 0 saturated heterocycles. The molecule has 0 bridgehead atoms. The number of rotatable bonds is 7. The maximum Gasteiger partial charge on any atom is 0.260 e. The molecule has 0 fully saturated rings. The highest BCUT2D eigenvalue weighted by molar-refractivity contribution is 5.77. The SMILES string of the molecule is Cc1cccc(OCC(=O)N(C)Cc2cnn(Cc3ccccc3)c2)c1. The van der Waals surface area contributed by atoms with Crippen LogP contribution in [0.25, 0.3) is 0 Å². The van der Waals surface area contributed by atoms with Crippen LogP contribution in [-0.2, 0) is 17.9 Å². The van der Waals surface area contributed by atoms with Gasteiger partial charge in [-0.3, -0.25) is 9.48 Å². The van der Waals surface area contributed by atoms with Gasteiger partial charge in [-0.25, -0.2) is 0 Å². The van der Waals surface area contributed by atoms with Crippen LogP contribution in [-0.4, -0.2) is 34.2 Å². The molecule has 0 aliphatic rings. The molecule has 2 aromatic carbocycles. The standard InChI is InChI=1S/C21H23N3O2/c1-17-7-6-10-20(11-17)26-16-21(25)23(2)13-19-12-22-24(15-19)14-18-8-4-3-5-9-18/h3-12,15H,13-14,16H2,1-2H3. The van der Waals surface area contributed by atoms with E-state index >= 15 is 0 Å². The molecule has 1 amide bonds. The van der Waals surface area contributed by atoms with E-state index in [1.54, 1.807) is 18.1 Å². The first kappa shape index (κ1) is 17.7. The summed E-state index contributed by atoms with van der Waals surface area (Å²) in [6.07, 6.45) is 3.77. The predicted octanol–water partition coefficient (Wildman–Crippen LogP) is 3.28. The Morgan fingerprint density at radius 2 is 1.92 bits per heavy atom. The lowest BCUT2D eigenvalue weighted by Crippen LogP contribution is -2.30. The number of carbonyl (C=O) groups is 1. The van der Waals surface area contributed by atoms with Crippen LogP contribution < -0.4 is 4.74 Å². The van der Waals surface area contributed by atoms with E-state index in [-0.39, 0.29) is 12.5 Å². The zero-order valence-electron chi connectivity index (χ0n) is 15.1. The largest absolute Gasteiger partial charge is 0.484 e. The van der Waals surface area contributed by atoms with E-state index in [1.165, 1.54) is 5.56 Å². The highest BCUT2D eigenvalue weighted by atomic mass is 16.5. The van der Waals surface area contributed by atoms with E-state index < -0.39 is 0 Å². The van der Waals surface area contributed by atoms with E-state index in [9.17, 15) is 4.79 Å². The molecule has 0 unspecified atom stereocenters. The van der Waals surface area contributed by atoms with Gasteiger partial charge in [-0.05, 0) is 30.2 Å². The first-order valence-electron chi connectivity index (χ1n) is 8.59. The van der Waals surface area contributed by atoms with E-state index in [0.717, 1.165) is 17.7 Å². The molecule has 3 rings (SSSR count). The molecule has 0 spiro atoms. The van der Waals surface area contributed by atoms with E-state index in [1.807, 2.05) is 60.3 Å². The van der Waals surface area contributed by atoms with Crippen molar-refractivity contribution in [3.63, 3.8) is 0 Å². The van der Waals surface area contributed by atoms with E-state index in [2.05, 4.69) is 17.2 Å². The number of hydrogen-bond acceptors (Lipinski definition) is 3. The van der Waals surface area contributed by atoms with Gasteiger partial charge in [0, 0.05) is 25.4 Å². The van der Waals surface area contributed by atoms with Gasteiger partial charge in [0.2, 0.25) is 0 Å². The van der Waals surface area contributed by atoms with Crippen molar-refractivity contribution < 1.29 is 9.53 Å². The van der Waals surface area contributed by atoms with Gasteiger partial charge in [-0.15, -0.1) is 0 Å². The second-order valence-electron chi connectivity index (χ2n) is 6.39. The maximum absolute atomic E-state index is 12.3. The van der Waals surface area contributed by atoms with Crippen molar-refractivity contribution in [3.8, 4) is 5.75 Å². The van der Waals surface area contributed by atoms with Crippen molar-refractivity contribution in [1.82, 2.24) is 14.7 Å². The second kappa shape index (κ2) is 8.34. The molecule has 5 nitrogen and oxygen atoms in total. The van der Waals surface area contributed by atoms with Crippen molar-refractivity contribution in [2.75, 3.05) is 13.7 Å². The van der Waals surface area contributed by atoms with Crippen molar-refractivity contribution in [2.45, 2.75) is 20.0 Å². The Hall–Kier alpha value is -3.08. The maximum atomic E-state index is 12.3. The molecule has 134 valence electrons. The third kappa shape index (κ3) is 4.96. The highest BCUT2D eigenvalue weighted by Crippen LogP contribution is 2.12. The number of carbonyl (C=O) groups excluding carboxylic acids is 1. The molecule has 1 heterocycles. The van der Waals surface area contributed by atoms with E-state index in [4.69, 9.17) is 4.74 Å². The minimum atomic E-state index is -0.0673. The van der Waals surface area contributed by atoms with Gasteiger partial charge >= 0.3 is 0 Å². The summed E-state index contributed by atoms with van der Waals surface area (Å²) in [6, 6.07) is 17.8. The molecule has 1 aromatic heterocycles. The molecule has 0 atom stereocenters. The van der Waals surface area contributed by atoms with Gasteiger partial charge in [0.15, 0.2) is 6.61 Å². The first-order valence-corrected chi connectivity index (χ1v) is 8.59. The molecule has 0 radical (unpaired) electrons. The number of likely N-dealkylation sites (N-methyl/N-ethyl adjacent to an activating group) is 1. The monoisotopic (exact) mass is 349 g/mol. The number of benzene rings is 2. The first-order chi connectivity index (χ1) is 12.6. The average molecular weight is 349 g/mol. The van der Waals surface area contributed by atoms with Crippen LogP contribution in [0.3, 0.4) is 0 Å². The Morgan fingerprint density at radius 1 is 1.12 bits per heavy atom. The fourth-order valence-electron chi connectivity index (χ4n) is 2.67. The Labute approximate surface area is 153 Å². The molecule has 3 aromatic rings. The summed E-state index contributed by atoms with van der Waals surface area (Å²) in [4.78, 5) is 13.9. The van der Waals surface area contributed by atoms with Crippen molar-refractivity contribution in [3.05, 3.63) is 83.7 Å². The summed E-state index contributed by atoms with van der Waals surface area (Å²) >= 11 is 0. The number of nitrogens with zero attached hydrogens (tertiary/aromatic N) is 3. The predicted molar refractivity (Wildman–Crippen MR) is 101 cm³/mol. The molecule has 0 saturated carbocycles. The fraction of sp³-hybridized carbons (Fsp3) is 0.238. The van der Waals surface area contributed by atoms with Gasteiger partial charge in [0.25, 0.3) is 5.91 Å². The van der Waals surface area contributed by atoms with Crippen LogP contribution in [0.4, 0.5) is 0 Å². The number of ether oxygens (including phenoxy) is 1. The summed E-state index contributed by atoms with van der Waals surface area (Å²) in [7, 11) is 1.77. The Morgan fingerprint density at radius 3 is 2.69 bits per heavy atom. The lowest BCUT2D eigenvalue weighted by molar-refractivity contribution is -0.132. The molecule has 5 heteroatoms. The van der Waals surface area contributed by atoms with Crippen LogP contribution in [0.5, 0.6) is 5.75 Å². The molecule has 0 aliphatic heterocycles. The summed E-state index contributed by atoms with van der Waals surface area (Å²) in [5.74, 6) is 0.643. The van der Waals surface area contributed by atoms with Gasteiger partial charge in [0.05, 0.1) is 12.7 Å². The molecule has 0 aliphatic carbocycles. The summed E-state index contributed by atoms with van der Waals surface area (Å²) in [6.45, 7) is 3.24. The molecular weight excluding hydrogens is 326 g/mol. The minimum Gasteiger partial charge on any atom is -0.484 e. The number of hydrogen-bond donors (Lipinski definition) is 0. The molecule has 0 N–H and O–H groups in total. The van der Waals surface area contributed by atoms with Gasteiger partial charge in [-0.2, -0.15) is 5.10 Å². The Bertz CT molecular complexity index is 858. The van der Waals surface area contributed by atoms with Gasteiger partial charge in [0.1, 0.15) is 5.75 Å². The molecule has 26 heavy (non-hydrogen) atoms. The van der Waals surface area contributed by atoms with Crippen LogP contribution in [0.1, 0.15) is 16.7 Å². The van der Waals surface area contributed by atoms with Crippen LogP contribution >= 0.6 is 0 Å². The normalized spacial score (nSPS) is 10.5. The van der Waals surface area contributed by atoms with Crippen molar-refractivity contribution >= 4 is 5.91 Å². The van der Waals surface area contributed by atoms with Crippen LogP contribution in [0.15, 0.2) is 67.0 Å². The smallest absolute Gasteiger partial charge is 0.260 e. The zero-order valence-corrected chi connectivity index (χ0v) is 15.1. The van der Waals surface area contributed by atoms with Crippen molar-refractivity contribution in [1.29, 1.82) is 0 Å². The summed E-state index contributed by atoms with van der Waals surface area (Å²) in [5, 5.41) is 4.37. The van der Waals surface area contributed by atoms with Crippen molar-refractivity contribution in [2.24, 2.45) is 0 Å². The minimum absolute atomic E-state index is 0.0259. The average Bonchev–Trinajstić information content (AvgIpc) is 3.07. The fourth-order valence-corrected chi connectivity index (χ4v) is 2.67. The highest BCUT2D eigenvalue weighted by Gasteiger charge is 2.11. The number of aryl methyl sites for hydroxylation is 1. The van der Waals surface area contributed by atoms with Crippen LogP contribution in [0.2, 0.25) is 0 Å². The zero-order chi connectivity index (χ0) is 18.4. The summed E-state index contributed by atoms with van der Waals surface area (Å²) in [5.41, 5.74) is 3.29. The lowest BCUT2D eigenvalue weighted by Gasteiger charge is -2.16. The third-order valence-corrected chi connectivity index (χ3v) is 4.07. The second-order valence-corrected chi connectivity index (χ2v) is 6.39. The summed E-state index contributed by atoms with van der Waals surface area (Å²) < 4.78 is 7.46. The molecular formula is C21H23N3O2. The lowest BCUT2D eigenvalue weighted by atomic mass is 10.2. The number of amides is 1. The number of aromatic nitrogens is 2. The van der Waals surface area contributed by atoms with Gasteiger partial charge in [-0.1, -0.05) is 42.5 Å². The Kier molecular flexibility index (Phi) is 5.69. The van der Waals surface area contributed by atoms with E-state index in [0.29, 0.717) is 12.3 Å². The van der Waals surface area contributed by atoms with Crippen LogP contribution in [0, 0.1) is 6.92 Å².